The molecule has 0 bridgehead atoms. The molecular weight excluding hydrogens is 320 g/mol. The van der Waals surface area contributed by atoms with Crippen molar-refractivity contribution in [3.63, 3.8) is 0 Å². The third-order valence-electron chi connectivity index (χ3n) is 4.60. The number of unbranched alkanes of at least 4 members (excludes halogenated alkanes) is 3. The van der Waals surface area contributed by atoms with E-state index in [1.165, 1.54) is 4.90 Å². The van der Waals surface area contributed by atoms with Crippen LogP contribution in [0.2, 0.25) is 0 Å². The van der Waals surface area contributed by atoms with Gasteiger partial charge in [0.15, 0.2) is 0 Å². The summed E-state index contributed by atoms with van der Waals surface area (Å²) in [6.07, 6.45) is 3.80. The standard InChI is InChI=1S/C19H28N2O4/c1-20(13-10-15(23)14-22)11-6-2-3-7-12-21-18(24)16-8-4-5-9-17(16)19(21)25/h4-5,8-9,15,22-23H,2-3,6-7,10-14H2,1H3. The number of hydrogen-bond donors (Lipinski definition) is 2. The van der Waals surface area contributed by atoms with Crippen LogP contribution in [0.15, 0.2) is 24.3 Å². The summed E-state index contributed by atoms with van der Waals surface area (Å²) in [6, 6.07) is 6.98. The third kappa shape index (κ3) is 5.36. The van der Waals surface area contributed by atoms with Crippen LogP contribution in [0.5, 0.6) is 0 Å². The number of nitrogens with zero attached hydrogens (tertiary/aromatic N) is 2. The molecule has 0 aromatic heterocycles. The van der Waals surface area contributed by atoms with E-state index in [0.717, 1.165) is 38.8 Å². The maximum absolute atomic E-state index is 12.2. The summed E-state index contributed by atoms with van der Waals surface area (Å²) < 4.78 is 0. The molecule has 0 aliphatic carbocycles. The van der Waals surface area contributed by atoms with Crippen LogP contribution in [0.25, 0.3) is 0 Å². The molecule has 0 saturated heterocycles. The molecule has 1 atom stereocenters. The van der Waals surface area contributed by atoms with E-state index >= 15 is 0 Å². The highest BCUT2D eigenvalue weighted by Crippen LogP contribution is 2.22. The number of aliphatic hydroxyl groups excluding tert-OH is 2. The summed E-state index contributed by atoms with van der Waals surface area (Å²) in [5, 5.41) is 18.1. The van der Waals surface area contributed by atoms with Crippen molar-refractivity contribution in [3.05, 3.63) is 35.4 Å². The maximum Gasteiger partial charge on any atom is 0.261 e. The van der Waals surface area contributed by atoms with Gasteiger partial charge in [-0.05, 0) is 45.0 Å². The van der Waals surface area contributed by atoms with Crippen LogP contribution < -0.4 is 0 Å². The van der Waals surface area contributed by atoms with Gasteiger partial charge in [0.1, 0.15) is 0 Å². The summed E-state index contributed by atoms with van der Waals surface area (Å²) in [5.74, 6) is -0.356. The Balaban J connectivity index is 1.60. The van der Waals surface area contributed by atoms with Gasteiger partial charge in [-0.1, -0.05) is 25.0 Å². The van der Waals surface area contributed by atoms with Crippen molar-refractivity contribution in [1.29, 1.82) is 0 Å². The van der Waals surface area contributed by atoms with Gasteiger partial charge >= 0.3 is 0 Å². The minimum absolute atomic E-state index is 0.178. The first kappa shape index (κ1) is 19.6. The van der Waals surface area contributed by atoms with Crippen LogP contribution in [0.1, 0.15) is 52.8 Å². The van der Waals surface area contributed by atoms with Crippen molar-refractivity contribution in [3.8, 4) is 0 Å². The van der Waals surface area contributed by atoms with Crippen molar-refractivity contribution in [2.75, 3.05) is 33.3 Å². The number of benzene rings is 1. The summed E-state index contributed by atoms with van der Waals surface area (Å²) >= 11 is 0. The lowest BCUT2D eigenvalue weighted by Crippen LogP contribution is -2.30. The van der Waals surface area contributed by atoms with Gasteiger partial charge in [-0.3, -0.25) is 14.5 Å². The van der Waals surface area contributed by atoms with Crippen molar-refractivity contribution in [2.45, 2.75) is 38.2 Å². The van der Waals surface area contributed by atoms with Crippen LogP contribution in [0.3, 0.4) is 0 Å². The molecule has 1 aliphatic rings. The highest BCUT2D eigenvalue weighted by molar-refractivity contribution is 6.21. The van der Waals surface area contributed by atoms with E-state index in [1.807, 2.05) is 7.05 Å². The summed E-state index contributed by atoms with van der Waals surface area (Å²) in [6.45, 7) is 1.98. The number of carbonyl (C=O) groups is 2. The SMILES string of the molecule is CN(CCCCCCN1C(=O)c2ccccc2C1=O)CCC(O)CO. The largest absolute Gasteiger partial charge is 0.394 e. The molecule has 0 spiro atoms. The smallest absolute Gasteiger partial charge is 0.261 e. The summed E-state index contributed by atoms with van der Waals surface area (Å²) in [5.41, 5.74) is 1.03. The second kappa shape index (κ2) is 9.65. The number of rotatable bonds is 11. The Labute approximate surface area is 149 Å². The fourth-order valence-electron chi connectivity index (χ4n) is 3.02. The fraction of sp³-hybridized carbons (Fsp3) is 0.579. The molecule has 2 N–H and O–H groups in total. The molecule has 0 fully saturated rings. The highest BCUT2D eigenvalue weighted by atomic mass is 16.3. The molecule has 2 rings (SSSR count). The Hall–Kier alpha value is -1.76. The number of carbonyl (C=O) groups excluding carboxylic acids is 2. The first-order valence-corrected chi connectivity index (χ1v) is 8.97. The van der Waals surface area contributed by atoms with E-state index in [9.17, 15) is 14.7 Å². The average molecular weight is 348 g/mol. The Morgan fingerprint density at radius 1 is 1.00 bits per heavy atom. The van der Waals surface area contributed by atoms with E-state index in [2.05, 4.69) is 4.90 Å². The average Bonchev–Trinajstić information content (AvgIpc) is 2.87. The third-order valence-corrected chi connectivity index (χ3v) is 4.60. The van der Waals surface area contributed by atoms with Gasteiger partial charge < -0.3 is 15.1 Å². The molecule has 1 unspecified atom stereocenters. The van der Waals surface area contributed by atoms with Crippen LogP contribution in [0.4, 0.5) is 0 Å². The summed E-state index contributed by atoms with van der Waals surface area (Å²) in [7, 11) is 2.00. The number of imide groups is 1. The van der Waals surface area contributed by atoms with Gasteiger partial charge in [0.05, 0.1) is 23.8 Å². The van der Waals surface area contributed by atoms with Crippen LogP contribution in [-0.2, 0) is 0 Å². The Kier molecular flexibility index (Phi) is 7.55. The number of hydrogen-bond acceptors (Lipinski definition) is 5. The lowest BCUT2D eigenvalue weighted by Gasteiger charge is -2.18. The van der Waals surface area contributed by atoms with E-state index in [0.29, 0.717) is 24.1 Å². The summed E-state index contributed by atoms with van der Waals surface area (Å²) in [4.78, 5) is 28.0. The van der Waals surface area contributed by atoms with Crippen molar-refractivity contribution >= 4 is 11.8 Å². The molecule has 138 valence electrons. The normalized spacial score (nSPS) is 15.1. The first-order chi connectivity index (χ1) is 12.0. The van der Waals surface area contributed by atoms with Gasteiger partial charge in [-0.2, -0.15) is 0 Å². The zero-order valence-electron chi connectivity index (χ0n) is 14.9. The lowest BCUT2D eigenvalue weighted by atomic mass is 10.1. The second-order valence-electron chi connectivity index (χ2n) is 6.65. The Bertz CT molecular complexity index is 556. The molecule has 1 aromatic carbocycles. The number of aliphatic hydroxyl groups is 2. The monoisotopic (exact) mass is 348 g/mol. The Morgan fingerprint density at radius 2 is 1.60 bits per heavy atom. The first-order valence-electron chi connectivity index (χ1n) is 8.97. The van der Waals surface area contributed by atoms with E-state index in [1.54, 1.807) is 24.3 Å². The van der Waals surface area contributed by atoms with Crippen LogP contribution in [-0.4, -0.2) is 71.2 Å². The molecule has 2 amide bonds. The van der Waals surface area contributed by atoms with Crippen LogP contribution in [0, 0.1) is 0 Å². The Morgan fingerprint density at radius 3 is 2.20 bits per heavy atom. The highest BCUT2D eigenvalue weighted by Gasteiger charge is 2.34. The van der Waals surface area contributed by atoms with Crippen molar-refractivity contribution in [2.24, 2.45) is 0 Å². The zero-order valence-corrected chi connectivity index (χ0v) is 14.9. The lowest BCUT2D eigenvalue weighted by molar-refractivity contribution is 0.0651. The zero-order chi connectivity index (χ0) is 18.2. The van der Waals surface area contributed by atoms with Crippen molar-refractivity contribution in [1.82, 2.24) is 9.80 Å². The number of fused-ring (bicyclic) bond motifs is 1. The molecular formula is C19H28N2O4. The van der Waals surface area contributed by atoms with Gasteiger partial charge in [0.25, 0.3) is 11.8 Å². The number of amides is 2. The second-order valence-corrected chi connectivity index (χ2v) is 6.65. The molecule has 1 aromatic rings. The van der Waals surface area contributed by atoms with Gasteiger partial charge in [-0.25, -0.2) is 0 Å². The van der Waals surface area contributed by atoms with Gasteiger partial charge in [0.2, 0.25) is 0 Å². The van der Waals surface area contributed by atoms with Gasteiger partial charge in [-0.15, -0.1) is 0 Å². The minimum Gasteiger partial charge on any atom is -0.394 e. The molecule has 1 heterocycles. The predicted molar refractivity (Wildman–Crippen MR) is 95.5 cm³/mol. The van der Waals surface area contributed by atoms with E-state index < -0.39 is 6.10 Å². The molecule has 0 saturated carbocycles. The topological polar surface area (TPSA) is 81.1 Å². The quantitative estimate of drug-likeness (QED) is 0.468. The van der Waals surface area contributed by atoms with Gasteiger partial charge in [0, 0.05) is 13.1 Å². The molecule has 25 heavy (non-hydrogen) atoms. The fourth-order valence-corrected chi connectivity index (χ4v) is 3.02. The predicted octanol–water partition coefficient (Wildman–Crippen LogP) is 1.52. The van der Waals surface area contributed by atoms with Crippen molar-refractivity contribution < 1.29 is 19.8 Å². The van der Waals surface area contributed by atoms with E-state index in [-0.39, 0.29) is 18.4 Å². The molecule has 6 nitrogen and oxygen atoms in total. The minimum atomic E-state index is -0.637. The van der Waals surface area contributed by atoms with Crippen LogP contribution >= 0.6 is 0 Å². The molecule has 6 heteroatoms. The molecule has 1 aliphatic heterocycles. The van der Waals surface area contributed by atoms with E-state index in [4.69, 9.17) is 5.11 Å². The maximum atomic E-state index is 12.2. The molecule has 0 radical (unpaired) electrons.